The van der Waals surface area contributed by atoms with Gasteiger partial charge in [-0.2, -0.15) is 0 Å². The molecule has 0 radical (unpaired) electrons. The maximum absolute atomic E-state index is 12.3. The van der Waals surface area contributed by atoms with Crippen LogP contribution in [0.15, 0.2) is 53.5 Å². The van der Waals surface area contributed by atoms with E-state index in [1.54, 1.807) is 18.2 Å². The average molecular weight is 404 g/mol. The number of benzene rings is 2. The van der Waals surface area contributed by atoms with Crippen molar-refractivity contribution in [2.45, 2.75) is 18.2 Å². The molecule has 140 valence electrons. The van der Waals surface area contributed by atoms with Gasteiger partial charge in [-0.05, 0) is 23.8 Å². The monoisotopic (exact) mass is 403 g/mol. The largest absolute Gasteiger partial charge is 0.495 e. The Labute approximate surface area is 166 Å². The van der Waals surface area contributed by atoms with Crippen molar-refractivity contribution >= 4 is 46.0 Å². The lowest BCUT2D eigenvalue weighted by Gasteiger charge is -2.11. The summed E-state index contributed by atoms with van der Waals surface area (Å²) in [5.41, 5.74) is 1.52. The van der Waals surface area contributed by atoms with Crippen LogP contribution >= 0.6 is 23.4 Å². The van der Waals surface area contributed by atoms with Crippen LogP contribution in [0.4, 0.5) is 5.69 Å². The minimum atomic E-state index is -0.523. The van der Waals surface area contributed by atoms with Crippen molar-refractivity contribution in [1.29, 1.82) is 0 Å². The van der Waals surface area contributed by atoms with Crippen LogP contribution in [0.1, 0.15) is 12.0 Å². The molecule has 0 bridgehead atoms. The standard InChI is InChI=1S/C19H18ClN3O3S/c1-26-15-8-7-13(20)9-14(15)22-17(24)10-16-18(25)23-19(27-16)21-11-12-5-3-2-4-6-12/h2-9,16H,10-11H2,1H3,(H,22,24)(H,21,23,25). The van der Waals surface area contributed by atoms with Crippen molar-refractivity contribution < 1.29 is 14.3 Å². The number of rotatable bonds is 6. The van der Waals surface area contributed by atoms with Crippen LogP contribution < -0.4 is 15.4 Å². The van der Waals surface area contributed by atoms with E-state index < -0.39 is 5.25 Å². The molecule has 27 heavy (non-hydrogen) atoms. The molecule has 1 saturated heterocycles. The number of hydrogen-bond acceptors (Lipinski definition) is 5. The van der Waals surface area contributed by atoms with Crippen molar-refractivity contribution in [3.05, 3.63) is 59.1 Å². The molecule has 0 aliphatic carbocycles. The first kappa shape index (κ1) is 19.3. The Morgan fingerprint density at radius 2 is 2.07 bits per heavy atom. The predicted octanol–water partition coefficient (Wildman–Crippen LogP) is 3.47. The number of carbonyl (C=O) groups excluding carboxylic acids is 2. The molecule has 8 heteroatoms. The fraction of sp³-hybridized carbons (Fsp3) is 0.211. The number of amidine groups is 1. The summed E-state index contributed by atoms with van der Waals surface area (Å²) in [5, 5.41) is 5.95. The molecule has 0 saturated carbocycles. The number of nitrogens with zero attached hydrogens (tertiary/aromatic N) is 1. The number of thioether (sulfide) groups is 1. The molecule has 2 aromatic rings. The molecule has 1 heterocycles. The van der Waals surface area contributed by atoms with Gasteiger partial charge in [-0.3, -0.25) is 14.6 Å². The number of ether oxygens (including phenoxy) is 1. The van der Waals surface area contributed by atoms with Crippen LogP contribution in [0.5, 0.6) is 5.75 Å². The number of amides is 2. The molecule has 0 spiro atoms. The second-order valence-electron chi connectivity index (χ2n) is 5.80. The second-order valence-corrected chi connectivity index (χ2v) is 7.43. The van der Waals surface area contributed by atoms with Crippen molar-refractivity contribution in [3.63, 3.8) is 0 Å². The normalized spacial score (nSPS) is 17.6. The summed E-state index contributed by atoms with van der Waals surface area (Å²) in [6.07, 6.45) is 0.0243. The van der Waals surface area contributed by atoms with Crippen molar-refractivity contribution in [1.82, 2.24) is 5.32 Å². The third-order valence-corrected chi connectivity index (χ3v) is 5.19. The molecule has 2 N–H and O–H groups in total. The van der Waals surface area contributed by atoms with E-state index in [1.807, 2.05) is 30.3 Å². The molecule has 1 aliphatic heterocycles. The van der Waals surface area contributed by atoms with E-state index in [-0.39, 0.29) is 18.2 Å². The Morgan fingerprint density at radius 1 is 1.30 bits per heavy atom. The lowest BCUT2D eigenvalue weighted by Crippen LogP contribution is -2.28. The molecule has 1 unspecified atom stereocenters. The van der Waals surface area contributed by atoms with Gasteiger partial charge in [-0.25, -0.2) is 0 Å². The van der Waals surface area contributed by atoms with Crippen LogP contribution in [0.25, 0.3) is 0 Å². The van der Waals surface area contributed by atoms with Gasteiger partial charge in [0.15, 0.2) is 5.17 Å². The smallest absolute Gasteiger partial charge is 0.240 e. The molecular formula is C19H18ClN3O3S. The second kappa shape index (κ2) is 8.92. The topological polar surface area (TPSA) is 79.8 Å². The Balaban J connectivity index is 1.58. The number of nitrogens with one attached hydrogen (secondary N) is 2. The number of methoxy groups -OCH3 is 1. The number of halogens is 1. The third-order valence-electron chi connectivity index (χ3n) is 3.83. The predicted molar refractivity (Wildman–Crippen MR) is 108 cm³/mol. The van der Waals surface area contributed by atoms with Gasteiger partial charge in [0.1, 0.15) is 11.0 Å². The molecule has 1 fully saturated rings. The Kier molecular flexibility index (Phi) is 6.36. The van der Waals surface area contributed by atoms with E-state index in [4.69, 9.17) is 16.3 Å². The van der Waals surface area contributed by atoms with Gasteiger partial charge >= 0.3 is 0 Å². The number of carbonyl (C=O) groups is 2. The van der Waals surface area contributed by atoms with Crippen molar-refractivity contribution in [2.75, 3.05) is 12.4 Å². The summed E-state index contributed by atoms with van der Waals surface area (Å²) in [6.45, 7) is 0.474. The summed E-state index contributed by atoms with van der Waals surface area (Å²) in [6, 6.07) is 14.7. The lowest BCUT2D eigenvalue weighted by atomic mass is 10.2. The molecule has 2 amide bonds. The summed E-state index contributed by atoms with van der Waals surface area (Å²) in [7, 11) is 1.51. The van der Waals surface area contributed by atoms with Crippen LogP contribution in [0.2, 0.25) is 5.02 Å². The zero-order valence-electron chi connectivity index (χ0n) is 14.6. The zero-order chi connectivity index (χ0) is 19.2. The molecule has 3 rings (SSSR count). The third kappa shape index (κ3) is 5.24. The molecule has 1 atom stereocenters. The highest BCUT2D eigenvalue weighted by molar-refractivity contribution is 8.15. The highest BCUT2D eigenvalue weighted by atomic mass is 35.5. The number of anilines is 1. The van der Waals surface area contributed by atoms with Crippen molar-refractivity contribution in [3.8, 4) is 5.75 Å². The maximum Gasteiger partial charge on any atom is 0.240 e. The Morgan fingerprint density at radius 3 is 2.81 bits per heavy atom. The number of hydrogen-bond donors (Lipinski definition) is 2. The molecule has 0 aromatic heterocycles. The van der Waals surface area contributed by atoms with Crippen LogP contribution in [-0.2, 0) is 16.1 Å². The van der Waals surface area contributed by atoms with E-state index in [9.17, 15) is 9.59 Å². The van der Waals surface area contributed by atoms with E-state index in [0.717, 1.165) is 5.56 Å². The summed E-state index contributed by atoms with van der Waals surface area (Å²) >= 11 is 7.23. The zero-order valence-corrected chi connectivity index (χ0v) is 16.1. The van der Waals surface area contributed by atoms with Crippen LogP contribution in [-0.4, -0.2) is 29.3 Å². The first-order valence-electron chi connectivity index (χ1n) is 8.24. The highest BCUT2D eigenvalue weighted by Crippen LogP contribution is 2.29. The number of aliphatic imine (C=N–C) groups is 1. The minimum Gasteiger partial charge on any atom is -0.495 e. The SMILES string of the molecule is COc1ccc(Cl)cc1NC(=O)CC1SC(=NCc2ccccc2)NC1=O. The van der Waals surface area contributed by atoms with E-state index >= 15 is 0 Å². The summed E-state index contributed by atoms with van der Waals surface area (Å²) in [5.74, 6) is -0.0195. The van der Waals surface area contributed by atoms with E-state index in [0.29, 0.717) is 28.2 Å². The van der Waals surface area contributed by atoms with Gasteiger partial charge in [0, 0.05) is 11.4 Å². The summed E-state index contributed by atoms with van der Waals surface area (Å²) < 4.78 is 5.21. The lowest BCUT2D eigenvalue weighted by molar-refractivity contribution is -0.122. The molecule has 2 aromatic carbocycles. The van der Waals surface area contributed by atoms with Gasteiger partial charge in [0.25, 0.3) is 0 Å². The van der Waals surface area contributed by atoms with Gasteiger partial charge in [0.2, 0.25) is 11.8 Å². The fourth-order valence-electron chi connectivity index (χ4n) is 2.51. The first-order chi connectivity index (χ1) is 13.0. The molecule has 6 nitrogen and oxygen atoms in total. The average Bonchev–Trinajstić information content (AvgIpc) is 3.00. The van der Waals surface area contributed by atoms with Crippen molar-refractivity contribution in [2.24, 2.45) is 4.99 Å². The van der Waals surface area contributed by atoms with Crippen LogP contribution in [0, 0.1) is 0 Å². The fourth-order valence-corrected chi connectivity index (χ4v) is 3.65. The minimum absolute atomic E-state index is 0.0243. The quantitative estimate of drug-likeness (QED) is 0.774. The Hall–Kier alpha value is -2.51. The van der Waals surface area contributed by atoms with Crippen LogP contribution in [0.3, 0.4) is 0 Å². The highest BCUT2D eigenvalue weighted by Gasteiger charge is 2.32. The van der Waals surface area contributed by atoms with E-state index in [2.05, 4.69) is 15.6 Å². The molecular weight excluding hydrogens is 386 g/mol. The maximum atomic E-state index is 12.3. The van der Waals surface area contributed by atoms with Gasteiger partial charge in [0.05, 0.1) is 19.3 Å². The van der Waals surface area contributed by atoms with Gasteiger partial charge in [-0.15, -0.1) is 0 Å². The first-order valence-corrected chi connectivity index (χ1v) is 9.50. The Bertz CT molecular complexity index is 874. The van der Waals surface area contributed by atoms with E-state index in [1.165, 1.54) is 18.9 Å². The van der Waals surface area contributed by atoms with Gasteiger partial charge in [-0.1, -0.05) is 53.7 Å². The van der Waals surface area contributed by atoms with Gasteiger partial charge < -0.3 is 15.4 Å². The molecule has 1 aliphatic rings. The summed E-state index contributed by atoms with van der Waals surface area (Å²) in [4.78, 5) is 28.9.